The number of carbonyl (C=O) groups excluding carboxylic acids is 1. The average Bonchev–Trinajstić information content (AvgIpc) is 3.25. The molecule has 2 aromatic heterocycles. The van der Waals surface area contributed by atoms with Gasteiger partial charge in [0, 0.05) is 34.9 Å². The van der Waals surface area contributed by atoms with Crippen LogP contribution in [0.1, 0.15) is 12.8 Å². The van der Waals surface area contributed by atoms with E-state index < -0.39 is 0 Å². The maximum atomic E-state index is 11.8. The summed E-state index contributed by atoms with van der Waals surface area (Å²) >= 11 is 0. The van der Waals surface area contributed by atoms with Crippen LogP contribution in [0.2, 0.25) is 0 Å². The Morgan fingerprint density at radius 3 is 2.95 bits per heavy atom. The van der Waals surface area contributed by atoms with Crippen molar-refractivity contribution in [1.82, 2.24) is 9.97 Å². The monoisotopic (exact) mass is 277 g/mol. The molecule has 3 aromatic rings. The van der Waals surface area contributed by atoms with E-state index in [2.05, 4.69) is 21.4 Å². The summed E-state index contributed by atoms with van der Waals surface area (Å²) in [6, 6.07) is 12.0. The number of anilines is 1. The number of fused-ring (bicyclic) bond motifs is 1. The number of hydrogen-bond donors (Lipinski definition) is 2. The molecule has 2 N–H and O–H groups in total. The number of nitrogens with one attached hydrogen (secondary N) is 2. The van der Waals surface area contributed by atoms with Crippen molar-refractivity contribution >= 4 is 22.6 Å². The quantitative estimate of drug-likeness (QED) is 0.768. The fourth-order valence-electron chi connectivity index (χ4n) is 2.46. The molecule has 21 heavy (non-hydrogen) atoms. The molecule has 0 atom stereocenters. The third-order valence-electron chi connectivity index (χ3n) is 3.81. The fraction of sp³-hybridized carbons (Fsp3) is 0.176. The second-order valence-electron chi connectivity index (χ2n) is 5.48. The van der Waals surface area contributed by atoms with Crippen LogP contribution in [-0.4, -0.2) is 15.9 Å². The molecule has 0 radical (unpaired) electrons. The van der Waals surface area contributed by atoms with E-state index in [0.29, 0.717) is 0 Å². The van der Waals surface area contributed by atoms with E-state index in [0.717, 1.165) is 40.7 Å². The largest absolute Gasteiger partial charge is 0.346 e. The summed E-state index contributed by atoms with van der Waals surface area (Å²) < 4.78 is 0. The summed E-state index contributed by atoms with van der Waals surface area (Å²) in [5, 5.41) is 4.06. The summed E-state index contributed by atoms with van der Waals surface area (Å²) in [6.07, 6.45) is 5.76. The predicted molar refractivity (Wildman–Crippen MR) is 82.9 cm³/mol. The van der Waals surface area contributed by atoms with Crippen LogP contribution < -0.4 is 5.32 Å². The highest BCUT2D eigenvalue weighted by Gasteiger charge is 2.29. The van der Waals surface area contributed by atoms with Crippen molar-refractivity contribution in [2.45, 2.75) is 12.8 Å². The SMILES string of the molecule is O=C(Nc1cccc(-c2cnc3[nH]ccc3c2)c1)C1CC1. The first kappa shape index (κ1) is 12.1. The number of H-pyrrole nitrogens is 1. The van der Waals surface area contributed by atoms with Gasteiger partial charge in [-0.05, 0) is 42.7 Å². The first-order chi connectivity index (χ1) is 10.3. The lowest BCUT2D eigenvalue weighted by Crippen LogP contribution is -2.13. The fourth-order valence-corrected chi connectivity index (χ4v) is 2.46. The molecule has 1 fully saturated rings. The van der Waals surface area contributed by atoms with Crippen molar-refractivity contribution in [1.29, 1.82) is 0 Å². The molecule has 4 rings (SSSR count). The van der Waals surface area contributed by atoms with E-state index in [-0.39, 0.29) is 11.8 Å². The molecule has 1 aromatic carbocycles. The number of benzene rings is 1. The lowest BCUT2D eigenvalue weighted by molar-refractivity contribution is -0.117. The van der Waals surface area contributed by atoms with Gasteiger partial charge in [-0.3, -0.25) is 4.79 Å². The molecule has 4 heteroatoms. The second-order valence-corrected chi connectivity index (χ2v) is 5.48. The summed E-state index contributed by atoms with van der Waals surface area (Å²) in [4.78, 5) is 19.3. The van der Waals surface area contributed by atoms with Crippen LogP contribution in [0.25, 0.3) is 22.2 Å². The van der Waals surface area contributed by atoms with Gasteiger partial charge in [-0.25, -0.2) is 4.98 Å². The van der Waals surface area contributed by atoms with Crippen molar-refractivity contribution in [2.24, 2.45) is 5.92 Å². The minimum absolute atomic E-state index is 0.131. The third-order valence-corrected chi connectivity index (χ3v) is 3.81. The van der Waals surface area contributed by atoms with Gasteiger partial charge in [0.05, 0.1) is 0 Å². The highest BCUT2D eigenvalue weighted by Crippen LogP contribution is 2.31. The van der Waals surface area contributed by atoms with Crippen molar-refractivity contribution in [2.75, 3.05) is 5.32 Å². The van der Waals surface area contributed by atoms with Gasteiger partial charge in [-0.15, -0.1) is 0 Å². The van der Waals surface area contributed by atoms with E-state index in [4.69, 9.17) is 0 Å². The Labute approximate surface area is 122 Å². The molecule has 1 aliphatic carbocycles. The van der Waals surface area contributed by atoms with Crippen LogP contribution in [0.15, 0.2) is 48.8 Å². The molecule has 1 aliphatic rings. The Morgan fingerprint density at radius 1 is 1.19 bits per heavy atom. The summed E-state index contributed by atoms with van der Waals surface area (Å²) in [5.74, 6) is 0.345. The van der Waals surface area contributed by atoms with Crippen LogP contribution >= 0.6 is 0 Å². The maximum Gasteiger partial charge on any atom is 0.227 e. The van der Waals surface area contributed by atoms with Crippen molar-refractivity contribution in [3.63, 3.8) is 0 Å². The van der Waals surface area contributed by atoms with Gasteiger partial charge >= 0.3 is 0 Å². The van der Waals surface area contributed by atoms with Gasteiger partial charge in [-0.1, -0.05) is 12.1 Å². The second kappa shape index (κ2) is 4.74. The van der Waals surface area contributed by atoms with Crippen LogP contribution in [0.4, 0.5) is 5.69 Å². The van der Waals surface area contributed by atoms with Gasteiger partial charge in [0.2, 0.25) is 5.91 Å². The van der Waals surface area contributed by atoms with Gasteiger partial charge in [-0.2, -0.15) is 0 Å². The predicted octanol–water partition coefficient (Wildman–Crippen LogP) is 3.58. The number of nitrogens with zero attached hydrogens (tertiary/aromatic N) is 1. The number of carbonyl (C=O) groups is 1. The van der Waals surface area contributed by atoms with Gasteiger partial charge in [0.1, 0.15) is 5.65 Å². The molecular weight excluding hydrogens is 262 g/mol. The Hall–Kier alpha value is -2.62. The minimum atomic E-state index is 0.131. The molecule has 4 nitrogen and oxygen atoms in total. The first-order valence-electron chi connectivity index (χ1n) is 7.14. The highest BCUT2D eigenvalue weighted by atomic mass is 16.2. The average molecular weight is 277 g/mol. The number of amides is 1. The number of aromatic nitrogens is 2. The van der Waals surface area contributed by atoms with Crippen molar-refractivity contribution in [3.05, 3.63) is 48.8 Å². The number of hydrogen-bond acceptors (Lipinski definition) is 2. The molecule has 2 heterocycles. The van der Waals surface area contributed by atoms with E-state index in [1.807, 2.05) is 42.7 Å². The van der Waals surface area contributed by atoms with Gasteiger partial charge in [0.15, 0.2) is 0 Å². The summed E-state index contributed by atoms with van der Waals surface area (Å²) in [6.45, 7) is 0. The number of aromatic amines is 1. The van der Waals surface area contributed by atoms with Crippen LogP contribution in [0.3, 0.4) is 0 Å². The first-order valence-corrected chi connectivity index (χ1v) is 7.14. The zero-order valence-electron chi connectivity index (χ0n) is 11.5. The lowest BCUT2D eigenvalue weighted by Gasteiger charge is -2.07. The summed E-state index contributed by atoms with van der Waals surface area (Å²) in [5.41, 5.74) is 3.83. The molecule has 1 saturated carbocycles. The Balaban J connectivity index is 1.65. The topological polar surface area (TPSA) is 57.8 Å². The normalized spacial score (nSPS) is 14.3. The van der Waals surface area contributed by atoms with E-state index >= 15 is 0 Å². The minimum Gasteiger partial charge on any atom is -0.346 e. The molecule has 0 saturated heterocycles. The molecule has 104 valence electrons. The van der Waals surface area contributed by atoms with E-state index in [1.165, 1.54) is 0 Å². The molecular formula is C17H15N3O. The van der Waals surface area contributed by atoms with Crippen LogP contribution in [-0.2, 0) is 4.79 Å². The number of pyridine rings is 1. The zero-order valence-corrected chi connectivity index (χ0v) is 11.5. The van der Waals surface area contributed by atoms with Crippen LogP contribution in [0, 0.1) is 5.92 Å². The number of rotatable bonds is 3. The highest BCUT2D eigenvalue weighted by molar-refractivity contribution is 5.94. The molecule has 1 amide bonds. The van der Waals surface area contributed by atoms with E-state index in [9.17, 15) is 4.79 Å². The molecule has 0 aliphatic heterocycles. The van der Waals surface area contributed by atoms with Crippen molar-refractivity contribution in [3.8, 4) is 11.1 Å². The van der Waals surface area contributed by atoms with Gasteiger partial charge in [0.25, 0.3) is 0 Å². The standard InChI is InChI=1S/C17H15N3O/c21-17(11-4-5-11)20-15-3-1-2-12(9-15)14-8-13-6-7-18-16(13)19-10-14/h1-3,6-11H,4-5H2,(H,18,19)(H,20,21). The third kappa shape index (κ3) is 2.40. The Bertz CT molecular complexity index is 818. The zero-order chi connectivity index (χ0) is 14.2. The molecule has 0 bridgehead atoms. The molecule has 0 spiro atoms. The molecule has 0 unspecified atom stereocenters. The Kier molecular flexibility index (Phi) is 2.74. The van der Waals surface area contributed by atoms with Crippen LogP contribution in [0.5, 0.6) is 0 Å². The summed E-state index contributed by atoms with van der Waals surface area (Å²) in [7, 11) is 0. The van der Waals surface area contributed by atoms with Gasteiger partial charge < -0.3 is 10.3 Å². The van der Waals surface area contributed by atoms with E-state index in [1.54, 1.807) is 0 Å². The van der Waals surface area contributed by atoms with Crippen molar-refractivity contribution < 1.29 is 4.79 Å². The Morgan fingerprint density at radius 2 is 2.10 bits per heavy atom. The lowest BCUT2D eigenvalue weighted by atomic mass is 10.1. The smallest absolute Gasteiger partial charge is 0.227 e. The maximum absolute atomic E-state index is 11.8.